The number of hydrogen-bond donors (Lipinski definition) is 3. The van der Waals surface area contributed by atoms with E-state index in [-0.39, 0.29) is 104 Å². The summed E-state index contributed by atoms with van der Waals surface area (Å²) in [7, 11) is 3.65. The Morgan fingerprint density at radius 3 is 2.57 bits per heavy atom. The van der Waals surface area contributed by atoms with E-state index in [0.717, 1.165) is 30.7 Å². The zero-order valence-corrected chi connectivity index (χ0v) is 28.9. The van der Waals surface area contributed by atoms with Gasteiger partial charge in [-0.05, 0) is 57.8 Å². The molecule has 1 unspecified atom stereocenters. The summed E-state index contributed by atoms with van der Waals surface area (Å²) in [6.45, 7) is 1.77. The third-order valence-electron chi connectivity index (χ3n) is 7.29. The second-order valence-electron chi connectivity index (χ2n) is 10.3. The molecule has 1 atom stereocenters. The first-order valence-corrected chi connectivity index (χ1v) is 14.4. The van der Waals surface area contributed by atoms with Crippen LogP contribution in [0.5, 0.6) is 5.75 Å². The predicted molar refractivity (Wildman–Crippen MR) is 160 cm³/mol. The topological polar surface area (TPSA) is 222 Å². The third-order valence-corrected chi connectivity index (χ3v) is 8.32. The maximum absolute atomic E-state index is 12.6. The van der Waals surface area contributed by atoms with Gasteiger partial charge in [-0.2, -0.15) is 0 Å². The van der Waals surface area contributed by atoms with Crippen LogP contribution >= 0.6 is 11.3 Å². The number of methoxy groups -OCH3 is 1. The van der Waals surface area contributed by atoms with Crippen molar-refractivity contribution in [2.75, 3.05) is 37.9 Å². The molecule has 2 aromatic heterocycles. The minimum absolute atomic E-state index is 0. The van der Waals surface area contributed by atoms with Gasteiger partial charge in [-0.25, -0.2) is 4.98 Å². The van der Waals surface area contributed by atoms with Crippen LogP contribution < -0.4 is 72.1 Å². The fourth-order valence-corrected chi connectivity index (χ4v) is 5.85. The number of carbonyl (C=O) groups excluding carboxylic acids is 3. The van der Waals surface area contributed by atoms with Gasteiger partial charge in [0.05, 0.1) is 30.5 Å². The Morgan fingerprint density at radius 2 is 1.91 bits per heavy atom. The summed E-state index contributed by atoms with van der Waals surface area (Å²) in [5.74, 6) is -0.594. The molecule has 14 nitrogen and oxygen atoms in total. The standard InChI is InChI=1S/C28H34N8O4S.K.2H2O/c1-36-12-4-5-17(36)10-11-30-23(37)13-18-15-31-28(41-18)19-6-3-7-20(25(19)40-2)32-21-14-22(33-27(39)16-8-9-16)34-35-24(21)26(29)38;;;/h3,6-7,14-17H,4-5,8-13H2,1-2H3,(H5,29,30,32,33,34,37,38,39);;2*1H2/q;+1;;/p-3. The Labute approximate surface area is 302 Å². The smallest absolute Gasteiger partial charge is 0.870 e. The fourth-order valence-electron chi connectivity index (χ4n) is 4.92. The predicted octanol–water partition coefficient (Wildman–Crippen LogP) is 0.687. The number of nitrogens with zero attached hydrogens (tertiary/aromatic N) is 4. The van der Waals surface area contributed by atoms with Gasteiger partial charge >= 0.3 is 51.4 Å². The van der Waals surface area contributed by atoms with Crippen LogP contribution in [0.3, 0.4) is 0 Å². The first-order chi connectivity index (χ1) is 19.8. The van der Waals surface area contributed by atoms with E-state index in [1.807, 2.05) is 6.07 Å². The largest absolute Gasteiger partial charge is 1.00 e. The molecule has 2 fully saturated rings. The van der Waals surface area contributed by atoms with Crippen LogP contribution in [0.1, 0.15) is 47.5 Å². The van der Waals surface area contributed by atoms with Crippen molar-refractivity contribution in [3.63, 3.8) is 0 Å². The van der Waals surface area contributed by atoms with Crippen molar-refractivity contribution in [1.29, 1.82) is 0 Å². The van der Waals surface area contributed by atoms with E-state index in [2.05, 4.69) is 43.1 Å². The van der Waals surface area contributed by atoms with Crippen LogP contribution in [-0.2, 0) is 16.0 Å². The van der Waals surface area contributed by atoms with Gasteiger partial charge < -0.3 is 47.1 Å². The first kappa shape index (κ1) is 37.6. The quantitative estimate of drug-likeness (QED) is 0.231. The van der Waals surface area contributed by atoms with Crippen LogP contribution in [0.2, 0.25) is 0 Å². The van der Waals surface area contributed by atoms with Crippen molar-refractivity contribution >= 4 is 46.3 Å². The number of thiazole rings is 1. The second-order valence-corrected chi connectivity index (χ2v) is 11.4. The monoisotopic (exact) mass is 650 g/mol. The molecule has 0 radical (unpaired) electrons. The van der Waals surface area contributed by atoms with Gasteiger partial charge in [-0.15, -0.1) is 21.5 Å². The Bertz CT molecular complexity index is 1450. The van der Waals surface area contributed by atoms with E-state index in [0.29, 0.717) is 34.6 Å². The van der Waals surface area contributed by atoms with Crippen LogP contribution in [0, 0.1) is 5.92 Å². The molecule has 1 saturated carbocycles. The number of hydrogen-bond acceptors (Lipinski definition) is 12. The van der Waals surface area contributed by atoms with Crippen molar-refractivity contribution < 1.29 is 81.5 Å². The van der Waals surface area contributed by atoms with Gasteiger partial charge in [0, 0.05) is 35.6 Å². The molecule has 16 heteroatoms. The fraction of sp³-hybridized carbons (Fsp3) is 0.429. The number of rotatable bonds is 12. The molecule has 3 amide bonds. The summed E-state index contributed by atoms with van der Waals surface area (Å²) in [6, 6.07) is 7.43. The molecule has 1 aromatic carbocycles. The Kier molecular flexibility index (Phi) is 14.7. The Hall–Kier alpha value is -2.54. The number of amides is 3. The number of likely N-dealkylation sites (tertiary alicyclic amines) is 1. The molecule has 1 aliphatic heterocycles. The molecule has 1 aliphatic carbocycles. The zero-order chi connectivity index (χ0) is 28.9. The van der Waals surface area contributed by atoms with E-state index in [4.69, 9.17) is 10.5 Å². The third kappa shape index (κ3) is 9.48. The number of ether oxygens (including phenoxy) is 1. The summed E-state index contributed by atoms with van der Waals surface area (Å²) in [4.78, 5) is 44.4. The number of para-hydroxylation sites is 1. The van der Waals surface area contributed by atoms with E-state index in [9.17, 15) is 14.4 Å². The minimum atomic E-state index is -1.02. The van der Waals surface area contributed by atoms with Crippen molar-refractivity contribution in [3.8, 4) is 16.3 Å². The summed E-state index contributed by atoms with van der Waals surface area (Å²) >= 11 is 1.40. The summed E-state index contributed by atoms with van der Waals surface area (Å²) in [6.07, 6.45) is 6.94. The van der Waals surface area contributed by atoms with Crippen LogP contribution in [0.15, 0.2) is 30.5 Å². The second kappa shape index (κ2) is 17.2. The minimum Gasteiger partial charge on any atom is -0.870 e. The van der Waals surface area contributed by atoms with Gasteiger partial charge in [0.15, 0.2) is 11.6 Å². The number of aromatic nitrogens is 3. The molecule has 5 rings (SSSR count). The number of nitrogens with one attached hydrogen (secondary N) is 4. The van der Waals surface area contributed by atoms with Gasteiger partial charge in [0.2, 0.25) is 11.8 Å². The van der Waals surface area contributed by atoms with Gasteiger partial charge in [-0.3, -0.25) is 9.59 Å². The molecule has 44 heavy (non-hydrogen) atoms. The zero-order valence-electron chi connectivity index (χ0n) is 24.9. The van der Waals surface area contributed by atoms with Crippen LogP contribution in [0.25, 0.3) is 16.3 Å². The first-order valence-electron chi connectivity index (χ1n) is 13.6. The Morgan fingerprint density at radius 1 is 1.14 bits per heavy atom. The molecule has 1 saturated heterocycles. The van der Waals surface area contributed by atoms with Crippen LogP contribution in [-0.4, -0.2) is 82.0 Å². The molecule has 2 aliphatic rings. The average Bonchev–Trinajstić information content (AvgIpc) is 3.58. The van der Waals surface area contributed by atoms with Crippen molar-refractivity contribution in [1.82, 2.24) is 25.4 Å². The van der Waals surface area contributed by atoms with Gasteiger partial charge in [0.25, 0.3) is 0 Å². The normalized spacial score (nSPS) is 15.6. The maximum atomic E-state index is 12.6. The van der Waals surface area contributed by atoms with E-state index >= 15 is 0 Å². The Balaban J connectivity index is 0.00000225. The average molecular weight is 651 g/mol. The van der Waals surface area contributed by atoms with Crippen molar-refractivity contribution in [3.05, 3.63) is 46.8 Å². The number of benzene rings is 1. The molecule has 232 valence electrons. The molecular weight excluding hydrogens is 616 g/mol. The summed E-state index contributed by atoms with van der Waals surface area (Å²) in [5.41, 5.74) is 8.82. The maximum Gasteiger partial charge on any atom is 1.00 e. The summed E-state index contributed by atoms with van der Waals surface area (Å²) in [5, 5.41) is 17.3. The molecule has 6 N–H and O–H groups in total. The van der Waals surface area contributed by atoms with Crippen molar-refractivity contribution in [2.24, 2.45) is 5.92 Å². The summed E-state index contributed by atoms with van der Waals surface area (Å²) < 4.78 is 5.72. The molecule has 0 bridgehead atoms. The SMILES string of the molecule is COc1c(Nc2cc(NC(=O)C3CC3)nnc2C([NH-])=O)cccc1-c1ncc(CC(=O)NCCC2CCCN2C)s1.[K+].[OH-].[OH-]. The van der Waals surface area contributed by atoms with Gasteiger partial charge in [0.1, 0.15) is 16.6 Å². The van der Waals surface area contributed by atoms with E-state index < -0.39 is 5.91 Å². The van der Waals surface area contributed by atoms with Gasteiger partial charge in [-0.1, -0.05) is 6.07 Å². The molecule has 3 heterocycles. The van der Waals surface area contributed by atoms with Crippen LogP contribution in [0.4, 0.5) is 17.2 Å². The van der Waals surface area contributed by atoms with E-state index in [1.165, 1.54) is 37.4 Å². The van der Waals surface area contributed by atoms with Crippen molar-refractivity contribution in [2.45, 2.75) is 44.6 Å². The number of anilines is 3. The molecule has 0 spiro atoms. The molecule has 3 aromatic rings. The number of carbonyl (C=O) groups is 3. The molecular formula is C28H35KN8O6S-2. The van der Waals surface area contributed by atoms with E-state index in [1.54, 1.807) is 18.3 Å².